The van der Waals surface area contributed by atoms with Crippen LogP contribution < -0.4 is 0 Å². The molecule has 1 aromatic carbocycles. The van der Waals surface area contributed by atoms with E-state index >= 15 is 0 Å². The summed E-state index contributed by atoms with van der Waals surface area (Å²) in [6.45, 7) is 3.89. The van der Waals surface area contributed by atoms with Crippen molar-refractivity contribution in [2.24, 2.45) is 0 Å². The van der Waals surface area contributed by atoms with Crippen LogP contribution in [0, 0.1) is 13.8 Å². The number of hydrogen-bond donors (Lipinski definition) is 1. The fourth-order valence-corrected chi connectivity index (χ4v) is 2.32. The van der Waals surface area contributed by atoms with Gasteiger partial charge in [-0.2, -0.15) is 0 Å². The first-order chi connectivity index (χ1) is 7.58. The summed E-state index contributed by atoms with van der Waals surface area (Å²) in [5.74, 6) is -0.966. The molecule has 4 heteroatoms. The zero-order valence-electron chi connectivity index (χ0n) is 9.02. The molecule has 0 radical (unpaired) electrons. The third kappa shape index (κ3) is 1.97. The number of hydrogen-bond acceptors (Lipinski definition) is 3. The Hall–Kier alpha value is -1.68. The second kappa shape index (κ2) is 4.06. The van der Waals surface area contributed by atoms with Crippen molar-refractivity contribution in [2.75, 3.05) is 0 Å². The van der Waals surface area contributed by atoms with Gasteiger partial charge >= 0.3 is 5.97 Å². The second-order valence-electron chi connectivity index (χ2n) is 3.60. The van der Waals surface area contributed by atoms with Crippen molar-refractivity contribution in [3.05, 3.63) is 39.7 Å². The van der Waals surface area contributed by atoms with Crippen LogP contribution >= 0.6 is 11.3 Å². The molecule has 1 heterocycles. The second-order valence-corrected chi connectivity index (χ2v) is 4.80. The zero-order chi connectivity index (χ0) is 11.7. The molecular weight excluding hydrogens is 222 g/mol. The van der Waals surface area contributed by atoms with E-state index in [4.69, 9.17) is 5.11 Å². The van der Waals surface area contributed by atoms with E-state index in [-0.39, 0.29) is 5.01 Å². The molecule has 0 aliphatic rings. The number of aromatic carboxylic acids is 1. The highest BCUT2D eigenvalue weighted by atomic mass is 32.1. The third-order valence-corrected chi connectivity index (χ3v) is 3.23. The van der Waals surface area contributed by atoms with Gasteiger partial charge in [-0.3, -0.25) is 0 Å². The zero-order valence-corrected chi connectivity index (χ0v) is 9.84. The Morgan fingerprint density at radius 1 is 1.38 bits per heavy atom. The normalized spacial score (nSPS) is 10.4. The van der Waals surface area contributed by atoms with E-state index in [1.54, 1.807) is 0 Å². The SMILES string of the molecule is Cc1cccc(-c2nc(C(=O)O)sc2C)c1. The molecule has 1 N–H and O–H groups in total. The Morgan fingerprint density at radius 2 is 2.12 bits per heavy atom. The van der Waals surface area contributed by atoms with E-state index in [0.717, 1.165) is 21.7 Å². The highest BCUT2D eigenvalue weighted by Crippen LogP contribution is 2.27. The maximum Gasteiger partial charge on any atom is 0.365 e. The van der Waals surface area contributed by atoms with Crippen LogP contribution in [0.3, 0.4) is 0 Å². The maximum absolute atomic E-state index is 10.8. The minimum absolute atomic E-state index is 0.147. The molecule has 0 saturated heterocycles. The third-order valence-electron chi connectivity index (χ3n) is 2.27. The summed E-state index contributed by atoms with van der Waals surface area (Å²) in [6.07, 6.45) is 0. The lowest BCUT2D eigenvalue weighted by Crippen LogP contribution is -1.94. The van der Waals surface area contributed by atoms with Crippen molar-refractivity contribution in [1.29, 1.82) is 0 Å². The number of nitrogens with zero attached hydrogens (tertiary/aromatic N) is 1. The number of rotatable bonds is 2. The van der Waals surface area contributed by atoms with E-state index in [0.29, 0.717) is 0 Å². The van der Waals surface area contributed by atoms with Crippen LogP contribution in [0.4, 0.5) is 0 Å². The molecule has 0 amide bonds. The predicted molar refractivity (Wildman–Crippen MR) is 64.0 cm³/mol. The topological polar surface area (TPSA) is 50.2 Å². The molecule has 0 aliphatic heterocycles. The average Bonchev–Trinajstić information content (AvgIpc) is 2.60. The highest BCUT2D eigenvalue weighted by molar-refractivity contribution is 7.13. The van der Waals surface area contributed by atoms with Gasteiger partial charge in [0.1, 0.15) is 0 Å². The molecule has 0 saturated carbocycles. The molecule has 2 aromatic rings. The molecule has 82 valence electrons. The first-order valence-corrected chi connectivity index (χ1v) is 5.67. The van der Waals surface area contributed by atoms with Gasteiger partial charge in [0.15, 0.2) is 0 Å². The van der Waals surface area contributed by atoms with Crippen molar-refractivity contribution in [3.8, 4) is 11.3 Å². The van der Waals surface area contributed by atoms with Crippen molar-refractivity contribution in [2.45, 2.75) is 13.8 Å². The largest absolute Gasteiger partial charge is 0.476 e. The summed E-state index contributed by atoms with van der Waals surface area (Å²) in [4.78, 5) is 15.9. The Kier molecular flexibility index (Phi) is 2.75. The summed E-state index contributed by atoms with van der Waals surface area (Å²) in [6, 6.07) is 7.90. The number of aromatic nitrogens is 1. The smallest absolute Gasteiger partial charge is 0.365 e. The predicted octanol–water partition coefficient (Wildman–Crippen LogP) is 3.13. The van der Waals surface area contributed by atoms with Crippen molar-refractivity contribution in [1.82, 2.24) is 4.98 Å². The van der Waals surface area contributed by atoms with E-state index in [2.05, 4.69) is 4.98 Å². The van der Waals surface area contributed by atoms with Crippen LogP contribution in [0.15, 0.2) is 24.3 Å². The van der Waals surface area contributed by atoms with Crippen molar-refractivity contribution in [3.63, 3.8) is 0 Å². The Labute approximate surface area is 97.4 Å². The van der Waals surface area contributed by atoms with Gasteiger partial charge in [-0.1, -0.05) is 23.8 Å². The summed E-state index contributed by atoms with van der Waals surface area (Å²) in [7, 11) is 0. The lowest BCUT2D eigenvalue weighted by Gasteiger charge is -1.99. The van der Waals surface area contributed by atoms with Crippen LogP contribution in [0.2, 0.25) is 0 Å². The number of aryl methyl sites for hydroxylation is 2. The molecule has 0 bridgehead atoms. The molecule has 0 unspecified atom stereocenters. The molecule has 0 spiro atoms. The molecule has 0 atom stereocenters. The van der Waals surface area contributed by atoms with Crippen LogP contribution in [0.5, 0.6) is 0 Å². The van der Waals surface area contributed by atoms with Crippen molar-refractivity contribution >= 4 is 17.3 Å². The summed E-state index contributed by atoms with van der Waals surface area (Å²) in [5, 5.41) is 9.02. The first-order valence-electron chi connectivity index (χ1n) is 4.85. The van der Waals surface area contributed by atoms with Gasteiger partial charge in [-0.05, 0) is 19.9 Å². The van der Waals surface area contributed by atoms with E-state index < -0.39 is 5.97 Å². The van der Waals surface area contributed by atoms with Crippen LogP contribution in [0.1, 0.15) is 20.2 Å². The molecule has 2 rings (SSSR count). The van der Waals surface area contributed by atoms with Gasteiger partial charge in [0.05, 0.1) is 5.69 Å². The monoisotopic (exact) mass is 233 g/mol. The van der Waals surface area contributed by atoms with Gasteiger partial charge in [-0.15, -0.1) is 11.3 Å². The van der Waals surface area contributed by atoms with Crippen LogP contribution in [-0.2, 0) is 0 Å². The lowest BCUT2D eigenvalue weighted by atomic mass is 10.1. The molecule has 1 aromatic heterocycles. The number of carboxylic acids is 1. The summed E-state index contributed by atoms with van der Waals surface area (Å²) < 4.78 is 0. The molecule has 3 nitrogen and oxygen atoms in total. The quantitative estimate of drug-likeness (QED) is 0.867. The van der Waals surface area contributed by atoms with E-state index in [1.807, 2.05) is 38.1 Å². The van der Waals surface area contributed by atoms with Crippen LogP contribution in [-0.4, -0.2) is 16.1 Å². The number of benzene rings is 1. The number of thiazole rings is 1. The molecule has 0 fully saturated rings. The molecule has 0 aliphatic carbocycles. The highest BCUT2D eigenvalue weighted by Gasteiger charge is 2.14. The molecule has 16 heavy (non-hydrogen) atoms. The standard InChI is InChI=1S/C12H11NO2S/c1-7-4-3-5-9(6-7)10-8(2)16-11(13-10)12(14)15/h3-6H,1-2H3,(H,14,15). The summed E-state index contributed by atoms with van der Waals surface area (Å²) in [5.41, 5.74) is 2.88. The Bertz CT molecular complexity index is 546. The van der Waals surface area contributed by atoms with Crippen molar-refractivity contribution < 1.29 is 9.90 Å². The van der Waals surface area contributed by atoms with Gasteiger partial charge in [0.2, 0.25) is 5.01 Å². The lowest BCUT2D eigenvalue weighted by molar-refractivity contribution is 0.0696. The fraction of sp³-hybridized carbons (Fsp3) is 0.167. The van der Waals surface area contributed by atoms with Gasteiger partial charge in [0, 0.05) is 10.4 Å². The van der Waals surface area contributed by atoms with Gasteiger partial charge in [-0.25, -0.2) is 9.78 Å². The fourth-order valence-electron chi connectivity index (χ4n) is 1.55. The number of carboxylic acid groups (broad SMARTS) is 1. The van der Waals surface area contributed by atoms with Gasteiger partial charge in [0.25, 0.3) is 0 Å². The van der Waals surface area contributed by atoms with E-state index in [9.17, 15) is 4.79 Å². The minimum atomic E-state index is -0.966. The molecular formula is C12H11NO2S. The maximum atomic E-state index is 10.8. The van der Waals surface area contributed by atoms with Gasteiger partial charge < -0.3 is 5.11 Å². The number of carbonyl (C=O) groups is 1. The van der Waals surface area contributed by atoms with E-state index in [1.165, 1.54) is 11.3 Å². The average molecular weight is 233 g/mol. The van der Waals surface area contributed by atoms with Crippen LogP contribution in [0.25, 0.3) is 11.3 Å². The summed E-state index contributed by atoms with van der Waals surface area (Å²) >= 11 is 1.21. The Balaban J connectivity index is 2.52. The minimum Gasteiger partial charge on any atom is -0.476 e. The Morgan fingerprint density at radius 3 is 2.69 bits per heavy atom. The first kappa shape index (κ1) is 10.8.